The van der Waals surface area contributed by atoms with Crippen molar-refractivity contribution in [2.75, 3.05) is 50.0 Å². The van der Waals surface area contributed by atoms with Crippen molar-refractivity contribution in [2.45, 2.75) is 58.2 Å². The van der Waals surface area contributed by atoms with Crippen molar-refractivity contribution in [2.24, 2.45) is 0 Å². The van der Waals surface area contributed by atoms with Gasteiger partial charge < -0.3 is 19.5 Å². The van der Waals surface area contributed by atoms with Crippen LogP contribution in [-0.4, -0.2) is 87.9 Å². The highest BCUT2D eigenvalue weighted by Gasteiger charge is 2.37. The van der Waals surface area contributed by atoms with Crippen molar-refractivity contribution in [1.29, 1.82) is 0 Å². The number of anilines is 2. The van der Waals surface area contributed by atoms with Crippen LogP contribution in [0.15, 0.2) is 10.6 Å². The molecule has 2 atom stereocenters. The summed E-state index contributed by atoms with van der Waals surface area (Å²) in [6.07, 6.45) is 5.26. The number of piperidine rings is 1. The second-order valence-electron chi connectivity index (χ2n) is 8.61. The molecule has 1 N–H and O–H groups in total. The normalized spacial score (nSPS) is 24.0. The van der Waals surface area contributed by atoms with Crippen LogP contribution >= 0.6 is 11.6 Å². The largest absolute Gasteiger partial charge is 0.402 e. The van der Waals surface area contributed by atoms with Gasteiger partial charge in [-0.1, -0.05) is 23.6 Å². The lowest BCUT2D eigenvalue weighted by Crippen LogP contribution is -2.61. The van der Waals surface area contributed by atoms with Crippen molar-refractivity contribution in [3.63, 3.8) is 0 Å². The van der Waals surface area contributed by atoms with Crippen molar-refractivity contribution in [3.8, 4) is 11.6 Å². The molecule has 2 aromatic rings. The highest BCUT2D eigenvalue weighted by atomic mass is 35.5. The monoisotopic (exact) mass is 448 g/mol. The van der Waals surface area contributed by atoms with Gasteiger partial charge in [0.25, 0.3) is 5.89 Å². The van der Waals surface area contributed by atoms with Crippen molar-refractivity contribution < 1.29 is 4.42 Å². The number of hydrogen-bond donors (Lipinski definition) is 1. The molecule has 170 valence electrons. The zero-order valence-electron chi connectivity index (χ0n) is 18.9. The molecule has 0 spiro atoms. The smallest absolute Gasteiger partial charge is 0.315 e. The SMILES string of the molecule is CCNc1nnc(-c2cnc(N3CC(CC)N(C4CCN(C)CC4)C[C@H]3C)c(Cl)n2)o1. The van der Waals surface area contributed by atoms with E-state index in [1.54, 1.807) is 6.20 Å². The van der Waals surface area contributed by atoms with Crippen LogP contribution in [0.25, 0.3) is 11.6 Å². The van der Waals surface area contributed by atoms with Gasteiger partial charge in [-0.15, -0.1) is 5.10 Å². The third-order valence-electron chi connectivity index (χ3n) is 6.47. The fourth-order valence-electron chi connectivity index (χ4n) is 4.70. The third kappa shape index (κ3) is 4.78. The fraction of sp³-hybridized carbons (Fsp3) is 0.714. The Balaban J connectivity index is 1.50. The minimum absolute atomic E-state index is 0.309. The van der Waals surface area contributed by atoms with Gasteiger partial charge in [0.15, 0.2) is 11.0 Å². The first-order chi connectivity index (χ1) is 15.0. The van der Waals surface area contributed by atoms with Gasteiger partial charge in [-0.05, 0) is 53.2 Å². The molecule has 4 heterocycles. The molecule has 0 amide bonds. The summed E-state index contributed by atoms with van der Waals surface area (Å²) in [6.45, 7) is 11.5. The standard InChI is InChI=1S/C21H33ClN8O/c1-5-15-13-29(14(3)12-30(15)16-7-9-28(4)10-8-16)19-18(22)25-17(11-24-19)20-26-27-21(31-20)23-6-2/h11,14-16H,5-10,12-13H2,1-4H3,(H,23,27)/t14-,15?/m1/s1. The lowest BCUT2D eigenvalue weighted by molar-refractivity contribution is 0.0584. The van der Waals surface area contributed by atoms with Gasteiger partial charge in [0, 0.05) is 37.8 Å². The first-order valence-corrected chi connectivity index (χ1v) is 11.7. The number of piperazine rings is 1. The Morgan fingerprint density at radius 3 is 2.65 bits per heavy atom. The van der Waals surface area contributed by atoms with E-state index >= 15 is 0 Å². The average Bonchev–Trinajstić information content (AvgIpc) is 3.23. The summed E-state index contributed by atoms with van der Waals surface area (Å²) in [5, 5.41) is 11.3. The van der Waals surface area contributed by atoms with Crippen LogP contribution in [0.2, 0.25) is 5.15 Å². The molecule has 2 fully saturated rings. The summed E-state index contributed by atoms with van der Waals surface area (Å²) in [7, 11) is 2.22. The lowest BCUT2D eigenvalue weighted by atomic mass is 9.96. The van der Waals surface area contributed by atoms with E-state index in [2.05, 4.69) is 61.1 Å². The number of halogens is 1. The highest BCUT2D eigenvalue weighted by molar-refractivity contribution is 6.31. The summed E-state index contributed by atoms with van der Waals surface area (Å²) in [4.78, 5) is 16.6. The van der Waals surface area contributed by atoms with Crippen LogP contribution in [-0.2, 0) is 0 Å². The number of aromatic nitrogens is 4. The molecule has 1 unspecified atom stereocenters. The van der Waals surface area contributed by atoms with Crippen LogP contribution in [0.1, 0.15) is 40.0 Å². The summed E-state index contributed by atoms with van der Waals surface area (Å²) in [5.41, 5.74) is 0.482. The van der Waals surface area contributed by atoms with Crippen molar-refractivity contribution in [1.82, 2.24) is 30.0 Å². The number of likely N-dealkylation sites (tertiary alicyclic amines) is 1. The molecule has 0 saturated carbocycles. The molecule has 2 saturated heterocycles. The zero-order valence-corrected chi connectivity index (χ0v) is 19.6. The molecule has 0 aromatic carbocycles. The summed E-state index contributed by atoms with van der Waals surface area (Å²) < 4.78 is 5.58. The molecular formula is C21H33ClN8O. The molecule has 4 rings (SSSR count). The fourth-order valence-corrected chi connectivity index (χ4v) is 4.95. The van der Waals surface area contributed by atoms with Gasteiger partial charge in [-0.25, -0.2) is 9.97 Å². The van der Waals surface area contributed by atoms with Gasteiger partial charge in [0.1, 0.15) is 5.69 Å². The van der Waals surface area contributed by atoms with Crippen LogP contribution in [0.5, 0.6) is 0 Å². The van der Waals surface area contributed by atoms with E-state index in [-0.39, 0.29) is 0 Å². The van der Waals surface area contributed by atoms with E-state index in [9.17, 15) is 0 Å². The topological polar surface area (TPSA) is 86.5 Å². The zero-order chi connectivity index (χ0) is 22.0. The van der Waals surface area contributed by atoms with E-state index < -0.39 is 0 Å². The van der Waals surface area contributed by atoms with Gasteiger partial charge in [-0.3, -0.25) is 4.90 Å². The van der Waals surface area contributed by atoms with Crippen LogP contribution in [0, 0.1) is 0 Å². The number of nitrogens with one attached hydrogen (secondary N) is 1. The number of rotatable bonds is 6. The quantitative estimate of drug-likeness (QED) is 0.716. The summed E-state index contributed by atoms with van der Waals surface area (Å²) >= 11 is 6.60. The predicted molar refractivity (Wildman–Crippen MR) is 123 cm³/mol. The maximum Gasteiger partial charge on any atom is 0.315 e. The molecule has 2 aromatic heterocycles. The van der Waals surface area contributed by atoms with Gasteiger partial charge >= 0.3 is 6.01 Å². The van der Waals surface area contributed by atoms with Gasteiger partial charge in [0.05, 0.1) is 6.20 Å². The first kappa shape index (κ1) is 22.2. The Morgan fingerprint density at radius 2 is 1.97 bits per heavy atom. The van der Waals surface area contributed by atoms with E-state index in [1.807, 2.05) is 6.92 Å². The Labute approximate surface area is 189 Å². The van der Waals surface area contributed by atoms with E-state index in [1.165, 1.54) is 25.9 Å². The molecule has 2 aliphatic heterocycles. The maximum atomic E-state index is 6.60. The molecule has 10 heteroatoms. The van der Waals surface area contributed by atoms with Gasteiger partial charge in [-0.2, -0.15) is 0 Å². The molecule has 0 aliphatic carbocycles. The average molecular weight is 449 g/mol. The van der Waals surface area contributed by atoms with Crippen LogP contribution in [0.4, 0.5) is 11.8 Å². The van der Waals surface area contributed by atoms with Gasteiger partial charge in [0.2, 0.25) is 0 Å². The summed E-state index contributed by atoms with van der Waals surface area (Å²) in [6, 6.07) is 1.83. The highest BCUT2D eigenvalue weighted by Crippen LogP contribution is 2.32. The predicted octanol–water partition coefficient (Wildman–Crippen LogP) is 3.00. The Hall–Kier alpha value is -1.97. The number of nitrogens with zero attached hydrogens (tertiary/aromatic N) is 7. The Kier molecular flexibility index (Phi) is 6.93. The minimum atomic E-state index is 0.309. The first-order valence-electron chi connectivity index (χ1n) is 11.3. The summed E-state index contributed by atoms with van der Waals surface area (Å²) in [5.74, 6) is 1.04. The lowest BCUT2D eigenvalue weighted by Gasteiger charge is -2.50. The van der Waals surface area contributed by atoms with Crippen LogP contribution < -0.4 is 10.2 Å². The van der Waals surface area contributed by atoms with Crippen LogP contribution in [0.3, 0.4) is 0 Å². The Morgan fingerprint density at radius 1 is 1.19 bits per heavy atom. The van der Waals surface area contributed by atoms with Crippen molar-refractivity contribution >= 4 is 23.4 Å². The molecule has 31 heavy (non-hydrogen) atoms. The molecule has 2 aliphatic rings. The van der Waals surface area contributed by atoms with Crippen molar-refractivity contribution in [3.05, 3.63) is 11.3 Å². The second kappa shape index (κ2) is 9.67. The molecule has 0 radical (unpaired) electrons. The van der Waals surface area contributed by atoms with E-state index in [0.29, 0.717) is 47.4 Å². The Bertz CT molecular complexity index is 869. The van der Waals surface area contributed by atoms with E-state index in [4.69, 9.17) is 16.0 Å². The number of hydrogen-bond acceptors (Lipinski definition) is 9. The molecule has 9 nitrogen and oxygen atoms in total. The molecule has 0 bridgehead atoms. The van der Waals surface area contributed by atoms with E-state index in [0.717, 1.165) is 25.3 Å². The minimum Gasteiger partial charge on any atom is -0.402 e. The maximum absolute atomic E-state index is 6.60. The third-order valence-corrected chi connectivity index (χ3v) is 6.72. The second-order valence-corrected chi connectivity index (χ2v) is 8.97. The molecular weight excluding hydrogens is 416 g/mol.